The Morgan fingerprint density at radius 3 is 1.69 bits per heavy atom. The second-order valence-electron chi connectivity index (χ2n) is 3.87. The molecule has 0 heterocycles. The highest BCUT2D eigenvalue weighted by Crippen LogP contribution is 2.10. The zero-order chi connectivity index (χ0) is 9.78. The quantitative estimate of drug-likeness (QED) is 0.293. The van der Waals surface area contributed by atoms with Gasteiger partial charge in [0.05, 0.1) is 0 Å². The van der Waals surface area contributed by atoms with Crippen molar-refractivity contribution in [1.82, 2.24) is 0 Å². The molecule has 0 unspecified atom stereocenters. The van der Waals surface area contributed by atoms with E-state index in [0.29, 0.717) is 0 Å². The predicted octanol–water partition coefficient (Wildman–Crippen LogP) is 4.26. The van der Waals surface area contributed by atoms with Crippen LogP contribution in [0.5, 0.6) is 0 Å². The molecule has 0 aromatic rings. The Morgan fingerprint density at radius 1 is 0.769 bits per heavy atom. The molecule has 2 heteroatoms. The molecule has 80 valence electrons. The van der Waals surface area contributed by atoms with Crippen LogP contribution in [0.2, 0.25) is 6.04 Å². The van der Waals surface area contributed by atoms with E-state index >= 15 is 0 Å². The van der Waals surface area contributed by atoms with E-state index < -0.39 is 0 Å². The first kappa shape index (κ1) is 13.5. The number of rotatable bonds is 10. The largest absolute Gasteiger partial charge is 0.176 e. The Morgan fingerprint density at radius 2 is 1.23 bits per heavy atom. The van der Waals surface area contributed by atoms with E-state index in [1.165, 1.54) is 63.8 Å². The normalized spacial score (nSPS) is 11.5. The van der Waals surface area contributed by atoms with Crippen LogP contribution in [-0.4, -0.2) is 8.83 Å². The molecule has 0 saturated carbocycles. The Kier molecular flexibility index (Phi) is 13.0. The van der Waals surface area contributed by atoms with Crippen LogP contribution in [0.3, 0.4) is 0 Å². The fourth-order valence-corrected chi connectivity index (χ4v) is 2.69. The third-order valence-electron chi connectivity index (χ3n) is 2.49. The van der Waals surface area contributed by atoms with Crippen molar-refractivity contribution < 1.29 is 0 Å². The zero-order valence-corrected chi connectivity index (χ0v) is 11.3. The van der Waals surface area contributed by atoms with Gasteiger partial charge >= 0.3 is 0 Å². The van der Waals surface area contributed by atoms with Gasteiger partial charge < -0.3 is 0 Å². The molecule has 0 atom stereocenters. The summed E-state index contributed by atoms with van der Waals surface area (Å²) in [5, 5.41) is 0. The summed E-state index contributed by atoms with van der Waals surface area (Å²) in [6.45, 7) is 2.27. The second kappa shape index (κ2) is 12.5. The summed E-state index contributed by atoms with van der Waals surface area (Å²) < 4.78 is 0. The average molecular weight is 221 g/mol. The molecule has 0 fully saturated rings. The lowest BCUT2D eigenvalue weighted by Crippen LogP contribution is -1.82. The lowest BCUT2D eigenvalue weighted by molar-refractivity contribution is 0.572. The van der Waals surface area contributed by atoms with Crippen LogP contribution >= 0.6 is 11.1 Å². The molecule has 0 aliphatic heterocycles. The van der Waals surface area contributed by atoms with Crippen LogP contribution < -0.4 is 0 Å². The first-order valence-electron chi connectivity index (χ1n) is 5.97. The Balaban J connectivity index is 2.76. The molecule has 0 aliphatic carbocycles. The van der Waals surface area contributed by atoms with Crippen molar-refractivity contribution in [3.63, 3.8) is 0 Å². The summed E-state index contributed by atoms with van der Waals surface area (Å²) in [4.78, 5) is 0. The van der Waals surface area contributed by atoms with Gasteiger partial charge in [-0.05, 0) is 6.04 Å². The number of hydrogen-bond acceptors (Lipinski definition) is 0. The molecule has 0 amide bonds. The Hall–Kier alpha value is 0.507. The van der Waals surface area contributed by atoms with Gasteiger partial charge in [-0.1, -0.05) is 64.7 Å². The van der Waals surface area contributed by atoms with E-state index in [4.69, 9.17) is 11.1 Å². The fraction of sp³-hybridized carbons (Fsp3) is 1.00. The lowest BCUT2D eigenvalue weighted by Gasteiger charge is -2.00. The third-order valence-corrected chi connectivity index (χ3v) is 4.06. The molecule has 13 heavy (non-hydrogen) atoms. The molecule has 0 saturated heterocycles. The maximum Gasteiger partial charge on any atom is 0.125 e. The van der Waals surface area contributed by atoms with Gasteiger partial charge in [0.15, 0.2) is 0 Å². The predicted molar refractivity (Wildman–Crippen MR) is 66.4 cm³/mol. The molecule has 0 N–H and O–H groups in total. The van der Waals surface area contributed by atoms with E-state index in [-0.39, 0.29) is 8.83 Å². The minimum Gasteiger partial charge on any atom is -0.176 e. The highest BCUT2D eigenvalue weighted by Gasteiger charge is 1.91. The van der Waals surface area contributed by atoms with Crippen LogP contribution in [0.4, 0.5) is 0 Å². The summed E-state index contributed by atoms with van der Waals surface area (Å²) in [6, 6.07) is 1.34. The van der Waals surface area contributed by atoms with Crippen molar-refractivity contribution in [1.29, 1.82) is 0 Å². The van der Waals surface area contributed by atoms with E-state index in [9.17, 15) is 0 Å². The number of unbranched alkanes of at least 4 members (excludes halogenated alkanes) is 8. The molecule has 0 aromatic heterocycles. The van der Waals surface area contributed by atoms with Crippen LogP contribution in [0.25, 0.3) is 0 Å². The van der Waals surface area contributed by atoms with Crippen molar-refractivity contribution in [2.24, 2.45) is 0 Å². The van der Waals surface area contributed by atoms with Crippen LogP contribution in [0, 0.1) is 0 Å². The minimum absolute atomic E-state index is 0.165. The summed E-state index contributed by atoms with van der Waals surface area (Å²) in [7, 11) is -0.165. The third kappa shape index (κ3) is 12.5. The zero-order valence-electron chi connectivity index (χ0n) is 9.16. The SMILES string of the molecule is CCCCCCCCCCC[SiH2]Cl. The molecule has 0 bridgehead atoms. The molecular weight excluding hydrogens is 196 g/mol. The van der Waals surface area contributed by atoms with E-state index in [1.54, 1.807) is 0 Å². The van der Waals surface area contributed by atoms with Crippen molar-refractivity contribution in [3.05, 3.63) is 0 Å². The molecule has 0 nitrogen and oxygen atoms in total. The van der Waals surface area contributed by atoms with Crippen molar-refractivity contribution >= 4 is 19.9 Å². The highest BCUT2D eigenvalue weighted by atomic mass is 35.6. The second-order valence-corrected chi connectivity index (χ2v) is 6.09. The summed E-state index contributed by atoms with van der Waals surface area (Å²) in [5.41, 5.74) is 0. The van der Waals surface area contributed by atoms with Gasteiger partial charge in [-0.3, -0.25) is 0 Å². The summed E-state index contributed by atoms with van der Waals surface area (Å²) >= 11 is 5.74. The van der Waals surface area contributed by atoms with Crippen LogP contribution in [-0.2, 0) is 0 Å². The van der Waals surface area contributed by atoms with Crippen molar-refractivity contribution in [2.45, 2.75) is 70.8 Å². The monoisotopic (exact) mass is 220 g/mol. The Labute approximate surface area is 91.0 Å². The van der Waals surface area contributed by atoms with Gasteiger partial charge in [0.1, 0.15) is 8.83 Å². The smallest absolute Gasteiger partial charge is 0.125 e. The van der Waals surface area contributed by atoms with Crippen molar-refractivity contribution in [3.8, 4) is 0 Å². The number of halogens is 1. The minimum atomic E-state index is -0.165. The van der Waals surface area contributed by atoms with E-state index in [1.807, 2.05) is 0 Å². The molecule has 0 aliphatic rings. The van der Waals surface area contributed by atoms with E-state index in [0.717, 1.165) is 0 Å². The van der Waals surface area contributed by atoms with Gasteiger partial charge in [-0.15, -0.1) is 0 Å². The number of hydrogen-bond donors (Lipinski definition) is 0. The van der Waals surface area contributed by atoms with Gasteiger partial charge in [-0.2, -0.15) is 11.1 Å². The Bertz CT molecular complexity index is 76.2. The maximum absolute atomic E-state index is 5.74. The molecule has 0 rings (SSSR count). The van der Waals surface area contributed by atoms with Crippen LogP contribution in [0.1, 0.15) is 64.7 Å². The standard InChI is InChI=1S/C11H25ClSi/c1-2-3-4-5-6-7-8-9-10-11-13-12/h2-11,13H2,1H3. The van der Waals surface area contributed by atoms with Crippen molar-refractivity contribution in [2.75, 3.05) is 0 Å². The van der Waals surface area contributed by atoms with Gasteiger partial charge in [0.2, 0.25) is 0 Å². The topological polar surface area (TPSA) is 0 Å². The molecular formula is C11H25ClSi. The highest BCUT2D eigenvalue weighted by molar-refractivity contribution is 6.93. The van der Waals surface area contributed by atoms with E-state index in [2.05, 4.69) is 6.92 Å². The summed E-state index contributed by atoms with van der Waals surface area (Å²) in [5.74, 6) is 0. The molecule has 0 aromatic carbocycles. The molecule has 0 radical (unpaired) electrons. The fourth-order valence-electron chi connectivity index (χ4n) is 1.58. The van der Waals surface area contributed by atoms with Gasteiger partial charge in [-0.25, -0.2) is 0 Å². The first-order chi connectivity index (χ1) is 6.41. The van der Waals surface area contributed by atoms with Gasteiger partial charge in [0.25, 0.3) is 0 Å². The maximum atomic E-state index is 5.74. The average Bonchev–Trinajstić information content (AvgIpc) is 2.16. The van der Waals surface area contributed by atoms with Gasteiger partial charge in [0, 0.05) is 0 Å². The summed E-state index contributed by atoms with van der Waals surface area (Å²) in [6.07, 6.45) is 12.9. The molecule has 0 spiro atoms. The lowest BCUT2D eigenvalue weighted by atomic mass is 10.1. The first-order valence-corrected chi connectivity index (χ1v) is 9.11. The van der Waals surface area contributed by atoms with Crippen LogP contribution in [0.15, 0.2) is 0 Å².